The van der Waals surface area contributed by atoms with Crippen LogP contribution >= 0.6 is 0 Å². The Labute approximate surface area is 134 Å². The molecule has 1 aliphatic heterocycles. The van der Waals surface area contributed by atoms with Crippen molar-refractivity contribution in [3.05, 3.63) is 35.9 Å². The Morgan fingerprint density at radius 2 is 2.00 bits per heavy atom. The molecular weight excluding hydrogens is 274 g/mol. The zero-order valence-electron chi connectivity index (χ0n) is 14.3. The van der Waals surface area contributed by atoms with Crippen molar-refractivity contribution in [2.45, 2.75) is 64.5 Å². The predicted molar refractivity (Wildman–Crippen MR) is 89.8 cm³/mol. The molecule has 1 fully saturated rings. The lowest BCUT2D eigenvalue weighted by atomic mass is 9.85. The summed E-state index contributed by atoms with van der Waals surface area (Å²) in [7, 11) is 0. The zero-order valence-corrected chi connectivity index (χ0v) is 14.3. The van der Waals surface area contributed by atoms with E-state index >= 15 is 0 Å². The van der Waals surface area contributed by atoms with E-state index in [9.17, 15) is 4.79 Å². The summed E-state index contributed by atoms with van der Waals surface area (Å²) in [6.45, 7) is 9.27. The molecule has 22 heavy (non-hydrogen) atoms. The predicted octanol–water partition coefficient (Wildman–Crippen LogP) is 3.89. The van der Waals surface area contributed by atoms with E-state index in [1.54, 1.807) is 0 Å². The molecule has 3 nitrogen and oxygen atoms in total. The van der Waals surface area contributed by atoms with Crippen molar-refractivity contribution in [3.63, 3.8) is 0 Å². The lowest BCUT2D eigenvalue weighted by molar-refractivity contribution is -0.124. The smallest absolute Gasteiger partial charge is 0.220 e. The average Bonchev–Trinajstić information content (AvgIpc) is 2.44. The first-order valence-electron chi connectivity index (χ1n) is 8.35. The van der Waals surface area contributed by atoms with E-state index in [-0.39, 0.29) is 23.5 Å². The number of rotatable bonds is 5. The van der Waals surface area contributed by atoms with Crippen molar-refractivity contribution in [2.24, 2.45) is 5.92 Å². The summed E-state index contributed by atoms with van der Waals surface area (Å²) in [5.41, 5.74) is 1.12. The van der Waals surface area contributed by atoms with Gasteiger partial charge in [0.05, 0.1) is 5.60 Å². The molecule has 0 radical (unpaired) electrons. The number of hydrogen-bond donors (Lipinski definition) is 1. The molecule has 3 heteroatoms. The second kappa shape index (κ2) is 7.28. The second-order valence-electron chi connectivity index (χ2n) is 7.33. The van der Waals surface area contributed by atoms with Crippen molar-refractivity contribution < 1.29 is 9.53 Å². The minimum Gasteiger partial charge on any atom is -0.375 e. The number of nitrogens with one attached hydrogen (secondary N) is 1. The first-order chi connectivity index (χ1) is 10.4. The van der Waals surface area contributed by atoms with Crippen molar-refractivity contribution in [2.75, 3.05) is 6.61 Å². The molecule has 0 spiro atoms. The fourth-order valence-corrected chi connectivity index (χ4v) is 3.28. The lowest BCUT2D eigenvalue weighted by Gasteiger charge is -2.36. The highest BCUT2D eigenvalue weighted by atomic mass is 16.5. The number of ether oxygens (including phenoxy) is 1. The molecule has 2 atom stereocenters. The molecule has 2 rings (SSSR count). The van der Waals surface area contributed by atoms with Crippen LogP contribution in [-0.4, -0.2) is 24.2 Å². The van der Waals surface area contributed by atoms with Crippen molar-refractivity contribution >= 4 is 5.91 Å². The van der Waals surface area contributed by atoms with E-state index < -0.39 is 0 Å². The van der Waals surface area contributed by atoms with Crippen LogP contribution in [0.25, 0.3) is 0 Å². The molecule has 0 bridgehead atoms. The first-order valence-corrected chi connectivity index (χ1v) is 8.35. The highest BCUT2D eigenvalue weighted by Crippen LogP contribution is 2.28. The van der Waals surface area contributed by atoms with Crippen LogP contribution in [0.15, 0.2) is 30.3 Å². The third-order valence-electron chi connectivity index (χ3n) is 4.50. The van der Waals surface area contributed by atoms with Gasteiger partial charge in [-0.25, -0.2) is 0 Å². The molecule has 1 N–H and O–H groups in total. The monoisotopic (exact) mass is 303 g/mol. The summed E-state index contributed by atoms with van der Waals surface area (Å²) in [5.74, 6) is 0.874. The molecule has 1 aliphatic rings. The number of benzene rings is 1. The highest BCUT2D eigenvalue weighted by Gasteiger charge is 2.30. The van der Waals surface area contributed by atoms with Gasteiger partial charge >= 0.3 is 0 Å². The Hall–Kier alpha value is -1.35. The van der Waals surface area contributed by atoms with Gasteiger partial charge in [0.25, 0.3) is 0 Å². The maximum absolute atomic E-state index is 12.5. The normalized spacial score (nSPS) is 22.3. The maximum Gasteiger partial charge on any atom is 0.220 e. The van der Waals surface area contributed by atoms with Gasteiger partial charge in [-0.15, -0.1) is 0 Å². The molecule has 0 aromatic heterocycles. The van der Waals surface area contributed by atoms with E-state index in [1.165, 1.54) is 5.56 Å². The van der Waals surface area contributed by atoms with Crippen molar-refractivity contribution in [1.29, 1.82) is 0 Å². The average molecular weight is 303 g/mol. The number of hydrogen-bond acceptors (Lipinski definition) is 2. The summed E-state index contributed by atoms with van der Waals surface area (Å²) in [6.07, 6.45) is 2.35. The van der Waals surface area contributed by atoms with Crippen LogP contribution in [0.1, 0.15) is 58.4 Å². The molecule has 0 aliphatic carbocycles. The molecule has 1 saturated heterocycles. The SMILES string of the molecule is CC(C)C(CC(=O)NC1CCOC(C)(C)C1)c1ccccc1. The Bertz CT molecular complexity index is 481. The molecule has 2 unspecified atom stereocenters. The molecule has 1 amide bonds. The van der Waals surface area contributed by atoms with Crippen LogP contribution in [0.3, 0.4) is 0 Å². The fraction of sp³-hybridized carbons (Fsp3) is 0.632. The zero-order chi connectivity index (χ0) is 16.2. The summed E-state index contributed by atoms with van der Waals surface area (Å²) >= 11 is 0. The van der Waals surface area contributed by atoms with Gasteiger partial charge in [-0.05, 0) is 44.1 Å². The molecule has 1 aromatic rings. The van der Waals surface area contributed by atoms with E-state index in [1.807, 2.05) is 18.2 Å². The number of carbonyl (C=O) groups excluding carboxylic acids is 1. The van der Waals surface area contributed by atoms with E-state index in [0.717, 1.165) is 19.4 Å². The largest absolute Gasteiger partial charge is 0.375 e. The summed E-state index contributed by atoms with van der Waals surface area (Å²) in [5, 5.41) is 3.21. The van der Waals surface area contributed by atoms with Crippen LogP contribution in [0.2, 0.25) is 0 Å². The third kappa shape index (κ3) is 4.84. The molecule has 122 valence electrons. The standard InChI is InChI=1S/C19H29NO2/c1-14(2)17(15-8-6-5-7-9-15)12-18(21)20-16-10-11-22-19(3,4)13-16/h5-9,14,16-17H,10-13H2,1-4H3,(H,20,21). The number of amides is 1. The van der Waals surface area contributed by atoms with Gasteiger partial charge in [0.1, 0.15) is 0 Å². The van der Waals surface area contributed by atoms with Crippen LogP contribution in [0.4, 0.5) is 0 Å². The minimum absolute atomic E-state index is 0.132. The van der Waals surface area contributed by atoms with Gasteiger partial charge in [0, 0.05) is 19.1 Å². The van der Waals surface area contributed by atoms with E-state index in [4.69, 9.17) is 4.74 Å². The van der Waals surface area contributed by atoms with Gasteiger partial charge in [0.15, 0.2) is 0 Å². The Kier molecular flexibility index (Phi) is 5.63. The van der Waals surface area contributed by atoms with Gasteiger partial charge in [0.2, 0.25) is 5.91 Å². The summed E-state index contributed by atoms with van der Waals surface area (Å²) in [6, 6.07) is 10.6. The Morgan fingerprint density at radius 3 is 2.59 bits per heavy atom. The topological polar surface area (TPSA) is 38.3 Å². The molecule has 1 aromatic carbocycles. The van der Waals surface area contributed by atoms with Crippen LogP contribution in [0.5, 0.6) is 0 Å². The van der Waals surface area contributed by atoms with E-state index in [0.29, 0.717) is 12.3 Å². The minimum atomic E-state index is -0.132. The first kappa shape index (κ1) is 17.0. The Balaban J connectivity index is 1.94. The van der Waals surface area contributed by atoms with Crippen LogP contribution in [0, 0.1) is 5.92 Å². The van der Waals surface area contributed by atoms with Crippen LogP contribution in [-0.2, 0) is 9.53 Å². The second-order valence-corrected chi connectivity index (χ2v) is 7.33. The highest BCUT2D eigenvalue weighted by molar-refractivity contribution is 5.77. The van der Waals surface area contributed by atoms with Crippen molar-refractivity contribution in [3.8, 4) is 0 Å². The molecule has 0 saturated carbocycles. The van der Waals surface area contributed by atoms with Crippen LogP contribution < -0.4 is 5.32 Å². The van der Waals surface area contributed by atoms with Gasteiger partial charge < -0.3 is 10.1 Å². The van der Waals surface area contributed by atoms with Gasteiger partial charge in [-0.3, -0.25) is 4.79 Å². The van der Waals surface area contributed by atoms with Gasteiger partial charge in [-0.1, -0.05) is 44.2 Å². The Morgan fingerprint density at radius 1 is 1.32 bits per heavy atom. The van der Waals surface area contributed by atoms with Crippen molar-refractivity contribution in [1.82, 2.24) is 5.32 Å². The fourth-order valence-electron chi connectivity index (χ4n) is 3.28. The lowest BCUT2D eigenvalue weighted by Crippen LogP contribution is -2.46. The van der Waals surface area contributed by atoms with Gasteiger partial charge in [-0.2, -0.15) is 0 Å². The third-order valence-corrected chi connectivity index (χ3v) is 4.50. The van der Waals surface area contributed by atoms with E-state index in [2.05, 4.69) is 45.1 Å². The molecular formula is C19H29NO2. The molecule has 1 heterocycles. The summed E-state index contributed by atoms with van der Waals surface area (Å²) < 4.78 is 5.71. The maximum atomic E-state index is 12.5. The number of carbonyl (C=O) groups is 1. The summed E-state index contributed by atoms with van der Waals surface area (Å²) in [4.78, 5) is 12.5. The quantitative estimate of drug-likeness (QED) is 0.896.